The molecule has 0 unspecified atom stereocenters. The van der Waals surface area contributed by atoms with Crippen molar-refractivity contribution in [2.45, 2.75) is 37.8 Å². The molecule has 2 N–H and O–H groups in total. The number of aliphatic hydroxyl groups excluding tert-OH is 1. The van der Waals surface area contributed by atoms with Crippen LogP contribution in [0.3, 0.4) is 0 Å². The van der Waals surface area contributed by atoms with E-state index in [0.29, 0.717) is 13.0 Å². The molecule has 0 spiro atoms. The highest BCUT2D eigenvalue weighted by molar-refractivity contribution is 6.38. The van der Waals surface area contributed by atoms with Crippen LogP contribution in [-0.2, 0) is 16.1 Å². The minimum Gasteiger partial charge on any atom is -0.486 e. The lowest BCUT2D eigenvalue weighted by molar-refractivity contribution is -0.116. The molecule has 5 rings (SSSR count). The first kappa shape index (κ1) is 27.8. The summed E-state index contributed by atoms with van der Waals surface area (Å²) in [4.78, 5) is 20.5. The Morgan fingerprint density at radius 3 is 2.62 bits per heavy atom. The highest BCUT2D eigenvalue weighted by atomic mass is 19.1. The Bertz CT molecular complexity index is 1390. The number of benzene rings is 3. The van der Waals surface area contributed by atoms with E-state index in [-0.39, 0.29) is 48.2 Å². The summed E-state index contributed by atoms with van der Waals surface area (Å²) in [5.74, 6) is -1.15. The number of aryl methyl sites for hydroxylation is 1. The molecule has 0 bridgehead atoms. The zero-order valence-electron chi connectivity index (χ0n) is 22.4. The first-order chi connectivity index (χ1) is 19.4. The number of nitrogens with one attached hydrogen (secondary N) is 1. The lowest BCUT2D eigenvalue weighted by Crippen LogP contribution is -2.48. The molecule has 1 fully saturated rings. The number of ether oxygens (including phenoxy) is 2. The molecule has 2 aliphatic rings. The topological polar surface area (TPSA) is 92.6 Å². The Labute approximate surface area is 231 Å². The van der Waals surface area contributed by atoms with Crippen molar-refractivity contribution in [3.8, 4) is 11.5 Å². The molecule has 2 aliphatic heterocycles. The fourth-order valence-electron chi connectivity index (χ4n) is 5.25. The molecule has 2 atom stereocenters. The third-order valence-corrected chi connectivity index (χ3v) is 7.29. The van der Waals surface area contributed by atoms with Crippen molar-refractivity contribution in [3.63, 3.8) is 0 Å². The maximum absolute atomic E-state index is 14.8. The molecule has 10 heteroatoms. The number of rotatable bonds is 10. The largest absolute Gasteiger partial charge is 0.486 e. The molecule has 3 aromatic rings. The SMILES string of the molecule is CON=C(CCc1ccc2cc(F)ccc2c1)C(=O)N[C@H](CN1CCCC1)[C@H](O)c1cc(F)c2c(c1)OCCO2. The number of aliphatic hydroxyl groups is 1. The van der Waals surface area contributed by atoms with Crippen LogP contribution in [0.5, 0.6) is 11.5 Å². The second-order valence-corrected chi connectivity index (χ2v) is 10.1. The molecule has 0 radical (unpaired) electrons. The molecule has 2 heterocycles. The molecule has 212 valence electrons. The van der Waals surface area contributed by atoms with Gasteiger partial charge in [0.1, 0.15) is 38.0 Å². The van der Waals surface area contributed by atoms with Crippen molar-refractivity contribution >= 4 is 22.4 Å². The number of fused-ring (bicyclic) bond motifs is 2. The summed E-state index contributed by atoms with van der Waals surface area (Å²) in [7, 11) is 1.37. The van der Waals surface area contributed by atoms with Crippen LogP contribution in [0.4, 0.5) is 8.78 Å². The average molecular weight is 554 g/mol. The lowest BCUT2D eigenvalue weighted by Gasteiger charge is -2.29. The molecular formula is C30H33F2N3O5. The molecule has 8 nitrogen and oxygen atoms in total. The summed E-state index contributed by atoms with van der Waals surface area (Å²) < 4.78 is 39.2. The van der Waals surface area contributed by atoms with Crippen molar-refractivity contribution in [2.75, 3.05) is 40.0 Å². The average Bonchev–Trinajstić information content (AvgIpc) is 3.47. The number of halogens is 2. The van der Waals surface area contributed by atoms with Crippen LogP contribution in [0, 0.1) is 11.6 Å². The summed E-state index contributed by atoms with van der Waals surface area (Å²) in [5.41, 5.74) is 1.40. The summed E-state index contributed by atoms with van der Waals surface area (Å²) in [6.45, 7) is 2.60. The van der Waals surface area contributed by atoms with E-state index in [0.717, 1.165) is 42.3 Å². The quantitative estimate of drug-likeness (QED) is 0.290. The van der Waals surface area contributed by atoms with E-state index in [1.807, 2.05) is 18.2 Å². The predicted molar refractivity (Wildman–Crippen MR) is 147 cm³/mol. The van der Waals surface area contributed by atoms with Crippen LogP contribution in [0.1, 0.15) is 36.5 Å². The highest BCUT2D eigenvalue weighted by Gasteiger charge is 2.30. The number of likely N-dealkylation sites (tertiary alicyclic amines) is 1. The molecule has 40 heavy (non-hydrogen) atoms. The zero-order valence-corrected chi connectivity index (χ0v) is 22.4. The van der Waals surface area contributed by atoms with E-state index >= 15 is 0 Å². The van der Waals surface area contributed by atoms with Gasteiger partial charge >= 0.3 is 0 Å². The maximum atomic E-state index is 14.8. The van der Waals surface area contributed by atoms with Gasteiger partial charge in [-0.3, -0.25) is 4.79 Å². The van der Waals surface area contributed by atoms with Gasteiger partial charge in [0, 0.05) is 13.0 Å². The van der Waals surface area contributed by atoms with Gasteiger partial charge in [0.05, 0.1) is 6.04 Å². The number of carbonyl (C=O) groups is 1. The van der Waals surface area contributed by atoms with E-state index in [2.05, 4.69) is 15.4 Å². The van der Waals surface area contributed by atoms with Gasteiger partial charge in [0.25, 0.3) is 5.91 Å². The van der Waals surface area contributed by atoms with Gasteiger partial charge in [0.15, 0.2) is 17.3 Å². The summed E-state index contributed by atoms with van der Waals surface area (Å²) in [6, 6.07) is 12.3. The zero-order chi connectivity index (χ0) is 28.1. The normalized spacial score (nSPS) is 17.1. The molecule has 1 saturated heterocycles. The fourth-order valence-corrected chi connectivity index (χ4v) is 5.25. The number of oxime groups is 1. The Hall–Kier alpha value is -3.76. The molecular weight excluding hydrogens is 520 g/mol. The third-order valence-electron chi connectivity index (χ3n) is 7.29. The Balaban J connectivity index is 1.32. The molecule has 0 aromatic heterocycles. The van der Waals surface area contributed by atoms with E-state index in [1.165, 1.54) is 25.3 Å². The Morgan fingerprint density at radius 2 is 1.82 bits per heavy atom. The van der Waals surface area contributed by atoms with Crippen molar-refractivity contribution < 1.29 is 33.0 Å². The van der Waals surface area contributed by atoms with E-state index in [4.69, 9.17) is 14.3 Å². The first-order valence-corrected chi connectivity index (χ1v) is 13.5. The standard InChI is InChI=1S/C30H33F2N3O5/c1-38-34-25(9-5-19-4-6-21-15-23(31)8-7-20(21)14-19)30(37)33-26(18-35-10-2-3-11-35)28(36)22-16-24(32)29-27(17-22)39-12-13-40-29/h4,6-8,14-17,26,28,36H,2-3,5,9-13,18H2,1H3,(H,33,37)/t26-,28-/m1/s1. The van der Waals surface area contributed by atoms with Crippen LogP contribution < -0.4 is 14.8 Å². The van der Waals surface area contributed by atoms with Crippen molar-refractivity contribution in [1.29, 1.82) is 0 Å². The second kappa shape index (κ2) is 12.6. The summed E-state index contributed by atoms with van der Waals surface area (Å²) >= 11 is 0. The van der Waals surface area contributed by atoms with Crippen molar-refractivity contribution in [3.05, 3.63) is 71.3 Å². The van der Waals surface area contributed by atoms with Gasteiger partial charge in [-0.1, -0.05) is 29.4 Å². The van der Waals surface area contributed by atoms with Gasteiger partial charge in [-0.05, 0) is 78.5 Å². The number of amides is 1. The predicted octanol–water partition coefficient (Wildman–Crippen LogP) is 4.14. The van der Waals surface area contributed by atoms with Crippen LogP contribution in [0.2, 0.25) is 0 Å². The Morgan fingerprint density at radius 1 is 1.07 bits per heavy atom. The van der Waals surface area contributed by atoms with Crippen molar-refractivity contribution in [1.82, 2.24) is 10.2 Å². The van der Waals surface area contributed by atoms with Crippen LogP contribution >= 0.6 is 0 Å². The minimum atomic E-state index is -1.21. The molecule has 0 aliphatic carbocycles. The fraction of sp³-hybridized carbons (Fsp3) is 0.400. The lowest BCUT2D eigenvalue weighted by atomic mass is 9.99. The second-order valence-electron chi connectivity index (χ2n) is 10.1. The number of hydrogen-bond acceptors (Lipinski definition) is 7. The van der Waals surface area contributed by atoms with E-state index < -0.39 is 23.9 Å². The monoisotopic (exact) mass is 553 g/mol. The molecule has 3 aromatic carbocycles. The maximum Gasteiger partial charge on any atom is 0.269 e. The van der Waals surface area contributed by atoms with Gasteiger partial charge in [0.2, 0.25) is 0 Å². The number of hydrogen-bond donors (Lipinski definition) is 2. The first-order valence-electron chi connectivity index (χ1n) is 13.5. The third kappa shape index (κ3) is 6.51. The van der Waals surface area contributed by atoms with Crippen LogP contribution in [0.15, 0.2) is 53.7 Å². The number of carbonyl (C=O) groups excluding carboxylic acids is 1. The minimum absolute atomic E-state index is 0.0238. The molecule has 1 amide bonds. The Kier molecular flexibility index (Phi) is 8.76. The van der Waals surface area contributed by atoms with Gasteiger partial charge in [-0.15, -0.1) is 0 Å². The van der Waals surface area contributed by atoms with Crippen molar-refractivity contribution in [2.24, 2.45) is 5.16 Å². The number of nitrogens with zero attached hydrogens (tertiary/aromatic N) is 2. The van der Waals surface area contributed by atoms with E-state index in [1.54, 1.807) is 12.1 Å². The van der Waals surface area contributed by atoms with Gasteiger partial charge in [-0.2, -0.15) is 0 Å². The van der Waals surface area contributed by atoms with Gasteiger partial charge < -0.3 is 29.6 Å². The highest BCUT2D eigenvalue weighted by Crippen LogP contribution is 2.36. The smallest absolute Gasteiger partial charge is 0.269 e. The van der Waals surface area contributed by atoms with E-state index in [9.17, 15) is 18.7 Å². The van der Waals surface area contributed by atoms with Gasteiger partial charge in [-0.25, -0.2) is 8.78 Å². The summed E-state index contributed by atoms with van der Waals surface area (Å²) in [5, 5.41) is 19.9. The van der Waals surface area contributed by atoms with Crippen LogP contribution in [-0.4, -0.2) is 67.6 Å². The summed E-state index contributed by atoms with van der Waals surface area (Å²) in [6.07, 6.45) is 1.63. The molecule has 0 saturated carbocycles. The van der Waals surface area contributed by atoms with Crippen LogP contribution in [0.25, 0.3) is 10.8 Å².